The van der Waals surface area contributed by atoms with Crippen molar-refractivity contribution in [1.29, 1.82) is 0 Å². The molecular weight excluding hydrogens is 200 g/mol. The number of nitrogens with zero attached hydrogens (tertiary/aromatic N) is 1. The molecule has 3 nitrogen and oxygen atoms in total. The molecule has 1 aliphatic heterocycles. The molecular formula is C13H20N2O. The summed E-state index contributed by atoms with van der Waals surface area (Å²) in [4.78, 5) is 2.40. The monoisotopic (exact) mass is 220 g/mol. The van der Waals surface area contributed by atoms with E-state index in [1.807, 2.05) is 18.2 Å². The van der Waals surface area contributed by atoms with Gasteiger partial charge in [0.2, 0.25) is 0 Å². The quantitative estimate of drug-likeness (QED) is 0.837. The molecule has 16 heavy (non-hydrogen) atoms. The van der Waals surface area contributed by atoms with E-state index in [1.54, 1.807) is 0 Å². The number of hydrogen-bond donors (Lipinski definition) is 1. The summed E-state index contributed by atoms with van der Waals surface area (Å²) in [5.74, 6) is 0. The Bertz CT molecular complexity index is 309. The highest BCUT2D eigenvalue weighted by molar-refractivity contribution is 5.19. The van der Waals surface area contributed by atoms with Gasteiger partial charge in [0.15, 0.2) is 0 Å². The summed E-state index contributed by atoms with van der Waals surface area (Å²) in [5.41, 5.74) is 7.50. The van der Waals surface area contributed by atoms with Crippen molar-refractivity contribution < 1.29 is 4.74 Å². The van der Waals surface area contributed by atoms with Crippen molar-refractivity contribution >= 4 is 0 Å². The van der Waals surface area contributed by atoms with Crippen LogP contribution in [0.3, 0.4) is 0 Å². The zero-order valence-electron chi connectivity index (χ0n) is 9.80. The van der Waals surface area contributed by atoms with E-state index < -0.39 is 0 Å². The van der Waals surface area contributed by atoms with Gasteiger partial charge in [0.1, 0.15) is 0 Å². The maximum Gasteiger partial charge on any atom is 0.0594 e. The predicted molar refractivity (Wildman–Crippen MR) is 65.2 cm³/mol. The molecule has 0 amide bonds. The van der Waals surface area contributed by atoms with Gasteiger partial charge in [-0.25, -0.2) is 0 Å². The lowest BCUT2D eigenvalue weighted by Gasteiger charge is -2.35. The molecule has 0 aromatic heterocycles. The second kappa shape index (κ2) is 5.43. The van der Waals surface area contributed by atoms with E-state index in [0.29, 0.717) is 6.04 Å². The number of benzene rings is 1. The lowest BCUT2D eigenvalue weighted by Crippen LogP contribution is -2.46. The number of morpholine rings is 1. The number of ether oxygens (including phenoxy) is 1. The molecule has 88 valence electrons. The summed E-state index contributed by atoms with van der Waals surface area (Å²) in [6, 6.07) is 10.8. The fourth-order valence-electron chi connectivity index (χ4n) is 2.17. The van der Waals surface area contributed by atoms with Gasteiger partial charge in [-0.2, -0.15) is 0 Å². The van der Waals surface area contributed by atoms with Crippen LogP contribution >= 0.6 is 0 Å². The van der Waals surface area contributed by atoms with Crippen LogP contribution in [0.25, 0.3) is 0 Å². The van der Waals surface area contributed by atoms with Crippen LogP contribution in [0, 0.1) is 0 Å². The van der Waals surface area contributed by atoms with E-state index in [9.17, 15) is 0 Å². The van der Waals surface area contributed by atoms with E-state index >= 15 is 0 Å². The summed E-state index contributed by atoms with van der Waals surface area (Å²) >= 11 is 0. The molecule has 2 rings (SSSR count). The van der Waals surface area contributed by atoms with Gasteiger partial charge in [-0.05, 0) is 12.5 Å². The third-order valence-electron chi connectivity index (χ3n) is 3.33. The fraction of sp³-hybridized carbons (Fsp3) is 0.538. The first kappa shape index (κ1) is 11.6. The van der Waals surface area contributed by atoms with Crippen molar-refractivity contribution in [2.45, 2.75) is 19.0 Å². The van der Waals surface area contributed by atoms with Crippen LogP contribution < -0.4 is 5.73 Å². The molecule has 1 aromatic rings. The van der Waals surface area contributed by atoms with E-state index in [-0.39, 0.29) is 6.04 Å². The van der Waals surface area contributed by atoms with Gasteiger partial charge in [0.25, 0.3) is 0 Å². The largest absolute Gasteiger partial charge is 0.379 e. The molecule has 0 spiro atoms. The minimum Gasteiger partial charge on any atom is -0.379 e. The Morgan fingerprint density at radius 3 is 2.44 bits per heavy atom. The molecule has 2 atom stereocenters. The summed E-state index contributed by atoms with van der Waals surface area (Å²) in [5, 5.41) is 0. The molecule has 1 fully saturated rings. The van der Waals surface area contributed by atoms with Gasteiger partial charge < -0.3 is 10.5 Å². The lowest BCUT2D eigenvalue weighted by molar-refractivity contribution is 0.0150. The second-order valence-corrected chi connectivity index (χ2v) is 4.33. The van der Waals surface area contributed by atoms with Crippen molar-refractivity contribution in [2.75, 3.05) is 26.3 Å². The molecule has 1 aliphatic rings. The average Bonchev–Trinajstić information content (AvgIpc) is 2.39. The van der Waals surface area contributed by atoms with Crippen LogP contribution in [0.1, 0.15) is 18.5 Å². The predicted octanol–water partition coefficient (Wildman–Crippen LogP) is 1.41. The average molecular weight is 220 g/mol. The van der Waals surface area contributed by atoms with Gasteiger partial charge in [0.05, 0.1) is 13.2 Å². The van der Waals surface area contributed by atoms with Crippen LogP contribution in [0.15, 0.2) is 30.3 Å². The van der Waals surface area contributed by atoms with E-state index in [1.165, 1.54) is 5.56 Å². The zero-order chi connectivity index (χ0) is 11.4. The summed E-state index contributed by atoms with van der Waals surface area (Å²) < 4.78 is 5.35. The van der Waals surface area contributed by atoms with Crippen LogP contribution in [0.5, 0.6) is 0 Å². The SMILES string of the molecule is C[C@@H]([C@H](N)c1ccccc1)N1CCOCC1. The maximum atomic E-state index is 6.29. The third kappa shape index (κ3) is 2.61. The minimum atomic E-state index is 0.0827. The maximum absolute atomic E-state index is 6.29. The van der Waals surface area contributed by atoms with Crippen molar-refractivity contribution in [2.24, 2.45) is 5.73 Å². The fourth-order valence-corrected chi connectivity index (χ4v) is 2.17. The van der Waals surface area contributed by atoms with E-state index in [4.69, 9.17) is 10.5 Å². The summed E-state index contributed by atoms with van der Waals surface area (Å²) in [6.07, 6.45) is 0. The normalized spacial score (nSPS) is 21.6. The summed E-state index contributed by atoms with van der Waals surface area (Å²) in [7, 11) is 0. The van der Waals surface area contributed by atoms with Gasteiger partial charge in [-0.15, -0.1) is 0 Å². The first-order valence-corrected chi connectivity index (χ1v) is 5.91. The van der Waals surface area contributed by atoms with Crippen LogP contribution in [-0.2, 0) is 4.74 Å². The molecule has 0 unspecified atom stereocenters. The highest BCUT2D eigenvalue weighted by Gasteiger charge is 2.23. The number of rotatable bonds is 3. The van der Waals surface area contributed by atoms with Gasteiger partial charge >= 0.3 is 0 Å². The van der Waals surface area contributed by atoms with Gasteiger partial charge in [-0.1, -0.05) is 30.3 Å². The van der Waals surface area contributed by atoms with Crippen molar-refractivity contribution in [1.82, 2.24) is 4.90 Å². The Kier molecular flexibility index (Phi) is 3.93. The van der Waals surface area contributed by atoms with Gasteiger partial charge in [-0.3, -0.25) is 4.90 Å². The second-order valence-electron chi connectivity index (χ2n) is 4.33. The third-order valence-corrected chi connectivity index (χ3v) is 3.33. The van der Waals surface area contributed by atoms with Crippen molar-refractivity contribution in [3.63, 3.8) is 0 Å². The Morgan fingerprint density at radius 2 is 1.81 bits per heavy atom. The zero-order valence-corrected chi connectivity index (χ0v) is 9.80. The number of nitrogens with two attached hydrogens (primary N) is 1. The standard InChI is InChI=1S/C13H20N2O/c1-11(15-7-9-16-10-8-15)13(14)12-5-3-2-4-6-12/h2-6,11,13H,7-10,14H2,1H3/t11-,13-/m0/s1. The van der Waals surface area contributed by atoms with Crippen LogP contribution in [0.2, 0.25) is 0 Å². The minimum absolute atomic E-state index is 0.0827. The molecule has 0 aliphatic carbocycles. The molecule has 1 heterocycles. The first-order valence-electron chi connectivity index (χ1n) is 5.91. The number of hydrogen-bond acceptors (Lipinski definition) is 3. The molecule has 0 bridgehead atoms. The lowest BCUT2D eigenvalue weighted by atomic mass is 10.00. The van der Waals surface area contributed by atoms with E-state index in [2.05, 4.69) is 24.0 Å². The molecule has 1 aromatic carbocycles. The molecule has 0 radical (unpaired) electrons. The first-order chi connectivity index (χ1) is 7.79. The van der Waals surface area contributed by atoms with Crippen LogP contribution in [0.4, 0.5) is 0 Å². The Hall–Kier alpha value is -0.900. The van der Waals surface area contributed by atoms with Crippen LogP contribution in [-0.4, -0.2) is 37.2 Å². The Labute approximate surface area is 97.2 Å². The topological polar surface area (TPSA) is 38.5 Å². The van der Waals surface area contributed by atoms with E-state index in [0.717, 1.165) is 26.3 Å². The highest BCUT2D eigenvalue weighted by Crippen LogP contribution is 2.18. The van der Waals surface area contributed by atoms with Crippen molar-refractivity contribution in [3.05, 3.63) is 35.9 Å². The van der Waals surface area contributed by atoms with Crippen molar-refractivity contribution in [3.8, 4) is 0 Å². The molecule has 3 heteroatoms. The molecule has 1 saturated heterocycles. The summed E-state index contributed by atoms with van der Waals surface area (Å²) in [6.45, 7) is 5.82. The molecule has 2 N–H and O–H groups in total. The Morgan fingerprint density at radius 1 is 1.19 bits per heavy atom. The van der Waals surface area contributed by atoms with Gasteiger partial charge in [0, 0.05) is 25.2 Å². The smallest absolute Gasteiger partial charge is 0.0594 e. The Balaban J connectivity index is 2.00. The highest BCUT2D eigenvalue weighted by atomic mass is 16.5. The molecule has 0 saturated carbocycles.